The van der Waals surface area contributed by atoms with Crippen LogP contribution in [0.5, 0.6) is 11.5 Å². The van der Waals surface area contributed by atoms with Gasteiger partial charge >= 0.3 is 11.9 Å². The standard InChI is InChI=1S/C25H38N2O9/c1-7-18-9-11-32-13-19(25(30)36-16(4)22(18)33-12-15(2)3)27-24(29)21-23(35-14-34-17(5)28)20(31-6)8-10-26-21/h8,10,15-16,18-19,22H,7,9,11-14H2,1-6H3,(H,27,29)/t16-,18-,19-,22-/m0/s1. The predicted octanol–water partition coefficient (Wildman–Crippen LogP) is 2.51. The number of carbonyl (C=O) groups is 3. The van der Waals surface area contributed by atoms with Gasteiger partial charge in [0.15, 0.2) is 23.2 Å². The Morgan fingerprint density at radius 3 is 2.69 bits per heavy atom. The first kappa shape index (κ1) is 29.3. The summed E-state index contributed by atoms with van der Waals surface area (Å²) in [7, 11) is 1.39. The molecule has 36 heavy (non-hydrogen) atoms. The van der Waals surface area contributed by atoms with Crippen molar-refractivity contribution in [3.8, 4) is 11.5 Å². The number of cyclic esters (lactones) is 1. The zero-order chi connectivity index (χ0) is 26.7. The minimum atomic E-state index is -1.09. The first-order valence-electron chi connectivity index (χ1n) is 12.2. The minimum absolute atomic E-state index is 0.0331. The van der Waals surface area contributed by atoms with Gasteiger partial charge in [-0.25, -0.2) is 9.78 Å². The fourth-order valence-corrected chi connectivity index (χ4v) is 3.79. The Morgan fingerprint density at radius 2 is 2.06 bits per heavy atom. The Labute approximate surface area is 212 Å². The van der Waals surface area contributed by atoms with Crippen molar-refractivity contribution in [3.63, 3.8) is 0 Å². The summed E-state index contributed by atoms with van der Waals surface area (Å²) in [5.74, 6) is -1.24. The molecule has 0 radical (unpaired) electrons. The minimum Gasteiger partial charge on any atom is -0.493 e. The van der Waals surface area contributed by atoms with E-state index < -0.39 is 36.8 Å². The van der Waals surface area contributed by atoms with Crippen molar-refractivity contribution in [2.45, 2.75) is 65.7 Å². The molecule has 1 aromatic heterocycles. The van der Waals surface area contributed by atoms with E-state index >= 15 is 0 Å². The summed E-state index contributed by atoms with van der Waals surface area (Å²) in [4.78, 5) is 41.3. The van der Waals surface area contributed by atoms with Gasteiger partial charge in [-0.15, -0.1) is 0 Å². The van der Waals surface area contributed by atoms with Gasteiger partial charge in [0.1, 0.15) is 6.10 Å². The monoisotopic (exact) mass is 510 g/mol. The molecule has 1 amide bonds. The number of methoxy groups -OCH3 is 1. The highest BCUT2D eigenvalue weighted by Crippen LogP contribution is 2.30. The first-order chi connectivity index (χ1) is 17.2. The summed E-state index contributed by atoms with van der Waals surface area (Å²) in [6, 6.07) is 0.405. The summed E-state index contributed by atoms with van der Waals surface area (Å²) in [5.41, 5.74) is -0.149. The molecule has 1 N–H and O–H groups in total. The number of nitrogens with one attached hydrogen (secondary N) is 1. The van der Waals surface area contributed by atoms with E-state index in [9.17, 15) is 14.4 Å². The maximum atomic E-state index is 13.1. The van der Waals surface area contributed by atoms with E-state index in [1.165, 1.54) is 26.3 Å². The quantitative estimate of drug-likeness (QED) is 0.370. The number of nitrogens with zero attached hydrogens (tertiary/aromatic N) is 1. The number of aromatic nitrogens is 1. The number of esters is 2. The molecule has 0 unspecified atom stereocenters. The first-order valence-corrected chi connectivity index (χ1v) is 12.2. The molecule has 11 heteroatoms. The summed E-state index contributed by atoms with van der Waals surface area (Å²) in [6.45, 7) is 9.65. The van der Waals surface area contributed by atoms with Crippen LogP contribution in [-0.4, -0.2) is 74.8 Å². The van der Waals surface area contributed by atoms with Gasteiger partial charge in [-0.2, -0.15) is 0 Å². The lowest BCUT2D eigenvalue weighted by atomic mass is 9.92. The molecule has 4 atom stereocenters. The third-order valence-electron chi connectivity index (χ3n) is 5.65. The summed E-state index contributed by atoms with van der Waals surface area (Å²) >= 11 is 0. The molecular weight excluding hydrogens is 472 g/mol. The molecule has 1 aliphatic heterocycles. The van der Waals surface area contributed by atoms with Crippen LogP contribution in [0.3, 0.4) is 0 Å². The Balaban J connectivity index is 2.19. The third-order valence-corrected chi connectivity index (χ3v) is 5.65. The fourth-order valence-electron chi connectivity index (χ4n) is 3.79. The zero-order valence-corrected chi connectivity index (χ0v) is 21.9. The average molecular weight is 511 g/mol. The molecule has 1 aromatic rings. The summed E-state index contributed by atoms with van der Waals surface area (Å²) in [5, 5.41) is 2.62. The Kier molecular flexibility index (Phi) is 11.9. The molecule has 1 saturated heterocycles. The SMILES string of the molecule is CC[C@H]1CCOC[C@H](NC(=O)c2nccc(OC)c2OCOC(C)=O)C(=O)O[C@@H](C)[C@@H]1OCC(C)C. The van der Waals surface area contributed by atoms with Crippen molar-refractivity contribution in [2.24, 2.45) is 11.8 Å². The molecule has 0 saturated carbocycles. The van der Waals surface area contributed by atoms with Crippen molar-refractivity contribution in [2.75, 3.05) is 33.7 Å². The van der Waals surface area contributed by atoms with Crippen LogP contribution < -0.4 is 14.8 Å². The van der Waals surface area contributed by atoms with E-state index in [1.54, 1.807) is 6.92 Å². The maximum absolute atomic E-state index is 13.1. The number of ether oxygens (including phenoxy) is 6. The van der Waals surface area contributed by atoms with E-state index in [2.05, 4.69) is 31.1 Å². The number of hydrogen-bond donors (Lipinski definition) is 1. The van der Waals surface area contributed by atoms with Gasteiger partial charge < -0.3 is 33.7 Å². The second-order valence-corrected chi connectivity index (χ2v) is 8.98. The molecule has 2 rings (SSSR count). The highest BCUT2D eigenvalue weighted by atomic mass is 16.7. The highest BCUT2D eigenvalue weighted by molar-refractivity contribution is 5.98. The zero-order valence-electron chi connectivity index (χ0n) is 21.9. The van der Waals surface area contributed by atoms with Gasteiger partial charge in [0.2, 0.25) is 6.79 Å². The van der Waals surface area contributed by atoms with E-state index in [4.69, 9.17) is 28.4 Å². The van der Waals surface area contributed by atoms with Gasteiger partial charge in [-0.05, 0) is 25.2 Å². The Hall–Kier alpha value is -2.92. The molecule has 1 aliphatic rings. The van der Waals surface area contributed by atoms with Crippen molar-refractivity contribution in [3.05, 3.63) is 18.0 Å². The van der Waals surface area contributed by atoms with Crippen LogP contribution in [0.25, 0.3) is 0 Å². The number of pyridine rings is 1. The van der Waals surface area contributed by atoms with Crippen LogP contribution in [0.15, 0.2) is 12.3 Å². The van der Waals surface area contributed by atoms with Crippen molar-refractivity contribution in [1.82, 2.24) is 10.3 Å². The summed E-state index contributed by atoms with van der Waals surface area (Å²) < 4.78 is 33.1. The molecule has 0 bridgehead atoms. The van der Waals surface area contributed by atoms with Gasteiger partial charge in [0, 0.05) is 32.4 Å². The smallest absolute Gasteiger partial charge is 0.331 e. The highest BCUT2D eigenvalue weighted by Gasteiger charge is 2.34. The van der Waals surface area contributed by atoms with Gasteiger partial charge in [-0.3, -0.25) is 9.59 Å². The molecule has 2 heterocycles. The van der Waals surface area contributed by atoms with Crippen LogP contribution in [0.1, 0.15) is 57.9 Å². The fraction of sp³-hybridized carbons (Fsp3) is 0.680. The Morgan fingerprint density at radius 1 is 1.31 bits per heavy atom. The molecule has 0 spiro atoms. The topological polar surface area (TPSA) is 132 Å². The van der Waals surface area contributed by atoms with Crippen LogP contribution in [0, 0.1) is 11.8 Å². The van der Waals surface area contributed by atoms with Crippen LogP contribution in [0.4, 0.5) is 0 Å². The van der Waals surface area contributed by atoms with Crippen molar-refractivity contribution in [1.29, 1.82) is 0 Å². The molecule has 202 valence electrons. The van der Waals surface area contributed by atoms with Gasteiger partial charge in [0.25, 0.3) is 5.91 Å². The summed E-state index contributed by atoms with van der Waals surface area (Å²) in [6.07, 6.45) is 2.13. The normalized spacial score (nSPS) is 22.9. The van der Waals surface area contributed by atoms with Crippen molar-refractivity contribution < 1.29 is 42.8 Å². The number of amides is 1. The second-order valence-electron chi connectivity index (χ2n) is 8.98. The van der Waals surface area contributed by atoms with Crippen LogP contribution in [-0.2, 0) is 28.5 Å². The van der Waals surface area contributed by atoms with E-state index in [0.29, 0.717) is 19.1 Å². The van der Waals surface area contributed by atoms with Gasteiger partial charge in [-0.1, -0.05) is 27.2 Å². The van der Waals surface area contributed by atoms with Crippen LogP contribution in [0.2, 0.25) is 0 Å². The third kappa shape index (κ3) is 8.63. The predicted molar refractivity (Wildman–Crippen MR) is 129 cm³/mol. The molecule has 11 nitrogen and oxygen atoms in total. The van der Waals surface area contributed by atoms with E-state index in [0.717, 1.165) is 12.8 Å². The van der Waals surface area contributed by atoms with Crippen molar-refractivity contribution >= 4 is 17.8 Å². The maximum Gasteiger partial charge on any atom is 0.331 e. The number of hydrogen-bond acceptors (Lipinski definition) is 10. The second kappa shape index (κ2) is 14.6. The van der Waals surface area contributed by atoms with Gasteiger partial charge in [0.05, 0.1) is 19.8 Å². The molecule has 1 fully saturated rings. The Bertz CT molecular complexity index is 877. The lowest BCUT2D eigenvalue weighted by Gasteiger charge is -2.33. The number of rotatable bonds is 10. The molecular formula is C25H38N2O9. The average Bonchev–Trinajstić information content (AvgIpc) is 2.83. The lowest BCUT2D eigenvalue weighted by molar-refractivity contribution is -0.166. The molecule has 0 aromatic carbocycles. The van der Waals surface area contributed by atoms with E-state index in [1.807, 2.05) is 0 Å². The largest absolute Gasteiger partial charge is 0.493 e. The van der Waals surface area contributed by atoms with Crippen LogP contribution >= 0.6 is 0 Å². The lowest BCUT2D eigenvalue weighted by Crippen LogP contribution is -2.49. The number of carbonyl (C=O) groups excluding carboxylic acids is 3. The van der Waals surface area contributed by atoms with E-state index in [-0.39, 0.29) is 35.8 Å². The molecule has 0 aliphatic carbocycles.